The molecule has 0 aliphatic heterocycles. The van der Waals surface area contributed by atoms with Crippen molar-refractivity contribution in [2.75, 3.05) is 6.61 Å². The molecule has 2 rings (SSSR count). The summed E-state index contributed by atoms with van der Waals surface area (Å²) < 4.78 is 5.79. The van der Waals surface area contributed by atoms with Gasteiger partial charge in [-0.1, -0.05) is 42.1 Å². The molecule has 1 heterocycles. The van der Waals surface area contributed by atoms with Gasteiger partial charge < -0.3 is 4.74 Å². The number of thiazole rings is 1. The second-order valence-electron chi connectivity index (χ2n) is 3.49. The number of aromatic nitrogens is 1. The number of carbonyl (C=O) groups excluding carboxylic acids is 1. The molecular weight excluding hydrogens is 266 g/mol. The summed E-state index contributed by atoms with van der Waals surface area (Å²) in [6, 6.07) is 10.2. The van der Waals surface area contributed by atoms with Crippen LogP contribution in [0.25, 0.3) is 0 Å². The van der Waals surface area contributed by atoms with Gasteiger partial charge in [0.15, 0.2) is 10.0 Å². The van der Waals surface area contributed by atoms with Gasteiger partial charge in [0.2, 0.25) is 0 Å². The van der Waals surface area contributed by atoms with Gasteiger partial charge in [0, 0.05) is 11.1 Å². The molecule has 0 aliphatic carbocycles. The first-order chi connectivity index (χ1) is 8.79. The summed E-state index contributed by atoms with van der Waals surface area (Å²) in [4.78, 5) is 15.7. The number of hydrogen-bond donors (Lipinski definition) is 0. The highest BCUT2D eigenvalue weighted by Crippen LogP contribution is 2.26. The average Bonchev–Trinajstić information content (AvgIpc) is 2.87. The number of carbonyl (C=O) groups is 1. The van der Waals surface area contributed by atoms with E-state index in [1.807, 2.05) is 18.2 Å². The molecule has 0 N–H and O–H groups in total. The Morgan fingerprint density at radius 1 is 1.39 bits per heavy atom. The lowest BCUT2D eigenvalue weighted by atomic mass is 10.2. The molecule has 0 aliphatic rings. The summed E-state index contributed by atoms with van der Waals surface area (Å²) in [5.41, 5.74) is 1.65. The maximum absolute atomic E-state index is 11.4. The second-order valence-corrected chi connectivity index (χ2v) is 5.57. The van der Waals surface area contributed by atoms with Crippen molar-refractivity contribution in [3.63, 3.8) is 0 Å². The lowest BCUT2D eigenvalue weighted by molar-refractivity contribution is 0.0520. The minimum atomic E-state index is -0.347. The Labute approximate surface area is 114 Å². The molecule has 94 valence electrons. The molecule has 18 heavy (non-hydrogen) atoms. The summed E-state index contributed by atoms with van der Waals surface area (Å²) in [7, 11) is 0. The van der Waals surface area contributed by atoms with Crippen LogP contribution in [0.3, 0.4) is 0 Å². The predicted octanol–water partition coefficient (Wildman–Crippen LogP) is 3.61. The Balaban J connectivity index is 1.93. The highest BCUT2D eigenvalue weighted by Gasteiger charge is 2.11. The Hall–Kier alpha value is -1.33. The van der Waals surface area contributed by atoms with Crippen LogP contribution >= 0.6 is 23.1 Å². The van der Waals surface area contributed by atoms with Crippen molar-refractivity contribution in [2.24, 2.45) is 0 Å². The summed E-state index contributed by atoms with van der Waals surface area (Å²) in [5.74, 6) is 0.511. The first-order valence-electron chi connectivity index (χ1n) is 5.59. The Morgan fingerprint density at radius 3 is 2.89 bits per heavy atom. The van der Waals surface area contributed by atoms with E-state index in [1.165, 1.54) is 16.9 Å². The number of ether oxygens (including phenoxy) is 1. The van der Waals surface area contributed by atoms with Gasteiger partial charge in [0.1, 0.15) is 0 Å². The van der Waals surface area contributed by atoms with Crippen molar-refractivity contribution in [1.29, 1.82) is 0 Å². The fourth-order valence-electron chi connectivity index (χ4n) is 1.34. The maximum Gasteiger partial charge on any atom is 0.357 e. The van der Waals surface area contributed by atoms with Crippen molar-refractivity contribution in [3.8, 4) is 0 Å². The summed E-state index contributed by atoms with van der Waals surface area (Å²) in [5, 5.41) is 1.74. The number of thioether (sulfide) groups is 1. The van der Waals surface area contributed by atoms with Crippen molar-refractivity contribution in [2.45, 2.75) is 17.0 Å². The predicted molar refractivity (Wildman–Crippen MR) is 74.1 cm³/mol. The maximum atomic E-state index is 11.4. The zero-order valence-corrected chi connectivity index (χ0v) is 11.6. The van der Waals surface area contributed by atoms with Crippen LogP contribution in [0.15, 0.2) is 40.1 Å². The summed E-state index contributed by atoms with van der Waals surface area (Å²) >= 11 is 3.10. The highest BCUT2D eigenvalue weighted by atomic mass is 32.2. The van der Waals surface area contributed by atoms with Crippen LogP contribution in [0.4, 0.5) is 0 Å². The molecule has 0 spiro atoms. The van der Waals surface area contributed by atoms with E-state index in [2.05, 4.69) is 17.1 Å². The third-order valence-electron chi connectivity index (χ3n) is 2.17. The van der Waals surface area contributed by atoms with Crippen LogP contribution in [0.5, 0.6) is 0 Å². The summed E-state index contributed by atoms with van der Waals surface area (Å²) in [6.45, 7) is 2.16. The molecule has 0 saturated carbocycles. The minimum Gasteiger partial charge on any atom is -0.461 e. The largest absolute Gasteiger partial charge is 0.461 e. The van der Waals surface area contributed by atoms with Crippen LogP contribution in [0.2, 0.25) is 0 Å². The van der Waals surface area contributed by atoms with Crippen LogP contribution in [-0.2, 0) is 10.5 Å². The molecule has 0 atom stereocenters. The number of hydrogen-bond acceptors (Lipinski definition) is 5. The average molecular weight is 279 g/mol. The van der Waals surface area contributed by atoms with E-state index in [4.69, 9.17) is 4.74 Å². The quantitative estimate of drug-likeness (QED) is 0.619. The molecule has 0 amide bonds. The molecule has 0 unspecified atom stereocenters. The van der Waals surface area contributed by atoms with Crippen molar-refractivity contribution in [1.82, 2.24) is 4.98 Å². The fourth-order valence-corrected chi connectivity index (χ4v) is 3.09. The van der Waals surface area contributed by atoms with E-state index in [0.717, 1.165) is 10.1 Å². The normalized spacial score (nSPS) is 10.3. The van der Waals surface area contributed by atoms with Gasteiger partial charge in [-0.2, -0.15) is 0 Å². The summed E-state index contributed by atoms with van der Waals surface area (Å²) in [6.07, 6.45) is 0. The van der Waals surface area contributed by atoms with E-state index in [-0.39, 0.29) is 5.97 Å². The van der Waals surface area contributed by atoms with Crippen molar-refractivity contribution < 1.29 is 9.53 Å². The van der Waals surface area contributed by atoms with Crippen molar-refractivity contribution in [3.05, 3.63) is 47.0 Å². The van der Waals surface area contributed by atoms with Crippen LogP contribution < -0.4 is 0 Å². The van der Waals surface area contributed by atoms with Gasteiger partial charge in [-0.15, -0.1) is 11.3 Å². The first kappa shape index (κ1) is 13.1. The van der Waals surface area contributed by atoms with E-state index in [9.17, 15) is 4.79 Å². The van der Waals surface area contributed by atoms with E-state index in [0.29, 0.717) is 12.3 Å². The zero-order chi connectivity index (χ0) is 12.8. The molecule has 2 aromatic rings. The number of benzene rings is 1. The minimum absolute atomic E-state index is 0.347. The molecule has 1 aromatic carbocycles. The van der Waals surface area contributed by atoms with Gasteiger partial charge >= 0.3 is 5.97 Å². The van der Waals surface area contributed by atoms with E-state index in [1.54, 1.807) is 24.1 Å². The van der Waals surface area contributed by atoms with Crippen LogP contribution in [0, 0.1) is 0 Å². The lowest BCUT2D eigenvalue weighted by Crippen LogP contribution is -2.04. The van der Waals surface area contributed by atoms with Gasteiger partial charge in [-0.25, -0.2) is 9.78 Å². The third kappa shape index (κ3) is 3.58. The van der Waals surface area contributed by atoms with Gasteiger partial charge in [0.25, 0.3) is 0 Å². The van der Waals surface area contributed by atoms with E-state index < -0.39 is 0 Å². The first-order valence-corrected chi connectivity index (χ1v) is 7.45. The van der Waals surface area contributed by atoms with Gasteiger partial charge in [-0.3, -0.25) is 0 Å². The molecule has 0 radical (unpaired) electrons. The smallest absolute Gasteiger partial charge is 0.357 e. The molecule has 1 aromatic heterocycles. The molecule has 0 fully saturated rings. The van der Waals surface area contributed by atoms with Crippen molar-refractivity contribution >= 4 is 29.1 Å². The molecule has 0 saturated heterocycles. The highest BCUT2D eigenvalue weighted by molar-refractivity contribution is 8.00. The van der Waals surface area contributed by atoms with E-state index >= 15 is 0 Å². The molecule has 0 bridgehead atoms. The standard InChI is InChI=1S/C13H13NO2S2/c1-2-16-12(15)11-9-18-13(14-11)17-8-10-6-4-3-5-7-10/h3-7,9H,2,8H2,1H3. The van der Waals surface area contributed by atoms with Gasteiger partial charge in [0.05, 0.1) is 6.61 Å². The Bertz CT molecular complexity index is 511. The zero-order valence-electron chi connectivity index (χ0n) is 9.96. The second kappa shape index (κ2) is 6.56. The third-order valence-corrected chi connectivity index (χ3v) is 4.26. The van der Waals surface area contributed by atoms with Gasteiger partial charge in [-0.05, 0) is 12.5 Å². The fraction of sp³-hybridized carbons (Fsp3) is 0.231. The molecule has 3 nitrogen and oxygen atoms in total. The molecular formula is C13H13NO2S2. The monoisotopic (exact) mass is 279 g/mol. The Morgan fingerprint density at radius 2 is 2.17 bits per heavy atom. The SMILES string of the molecule is CCOC(=O)c1csc(SCc2ccccc2)n1. The van der Waals surface area contributed by atoms with Crippen LogP contribution in [0.1, 0.15) is 23.0 Å². The number of rotatable bonds is 5. The molecule has 5 heteroatoms. The lowest BCUT2D eigenvalue weighted by Gasteiger charge is -1.98. The number of esters is 1. The Kier molecular flexibility index (Phi) is 4.78. The van der Waals surface area contributed by atoms with Crippen LogP contribution in [-0.4, -0.2) is 17.6 Å². The number of nitrogens with zero attached hydrogens (tertiary/aromatic N) is 1. The topological polar surface area (TPSA) is 39.2 Å².